The third-order valence-electron chi connectivity index (χ3n) is 6.31. The molecule has 41 heavy (non-hydrogen) atoms. The van der Waals surface area contributed by atoms with Crippen molar-refractivity contribution in [3.63, 3.8) is 0 Å². The fourth-order valence-corrected chi connectivity index (χ4v) is 6.67. The fraction of sp³-hybridized carbons (Fsp3) is 0.741. The van der Waals surface area contributed by atoms with Gasteiger partial charge in [0.2, 0.25) is 7.44 Å². The van der Waals surface area contributed by atoms with Gasteiger partial charge in [0, 0.05) is 6.04 Å². The Morgan fingerprint density at radius 2 is 1.83 bits per heavy atom. The van der Waals surface area contributed by atoms with Crippen molar-refractivity contribution < 1.29 is 28.4 Å². The monoisotopic (exact) mass is 597 g/mol. The van der Waals surface area contributed by atoms with Crippen LogP contribution in [-0.4, -0.2) is 68.2 Å². The molecule has 2 aromatic heterocycles. The van der Waals surface area contributed by atoms with Crippen molar-refractivity contribution in [3.8, 4) is 0 Å². The Kier molecular flexibility index (Phi) is 13.1. The van der Waals surface area contributed by atoms with Gasteiger partial charge in [0.1, 0.15) is 23.7 Å². The third-order valence-corrected chi connectivity index (χ3v) is 8.49. The van der Waals surface area contributed by atoms with Gasteiger partial charge in [0.25, 0.3) is 0 Å². The number of anilines is 1. The van der Waals surface area contributed by atoms with Gasteiger partial charge < -0.3 is 24.5 Å². The number of hydrogen-bond acceptors (Lipinski definition) is 10. The number of rotatable bonds is 18. The molecule has 0 saturated heterocycles. The number of imidazole rings is 1. The van der Waals surface area contributed by atoms with E-state index in [1.165, 1.54) is 6.33 Å². The first-order valence-corrected chi connectivity index (χ1v) is 16.1. The number of nitrogens with zero attached hydrogens (tertiary/aromatic N) is 4. The zero-order valence-electron chi connectivity index (χ0n) is 25.7. The second kappa shape index (κ2) is 15.6. The van der Waals surface area contributed by atoms with E-state index in [0.717, 1.165) is 19.3 Å². The summed E-state index contributed by atoms with van der Waals surface area (Å²) >= 11 is 0. The predicted octanol–water partition coefficient (Wildman–Crippen LogP) is 4.02. The Morgan fingerprint density at radius 1 is 1.12 bits per heavy atom. The SMILES string of the molecule is CCCCCOC(=O)C(C)(C)N[P@@](=O)(CO[C@H](C)Cn1cnc2c(N)ncnc21)N[C@@H](CC(=O)OC(C)C)C(C)C. The van der Waals surface area contributed by atoms with Crippen LogP contribution in [0, 0.1) is 5.92 Å². The molecular weight excluding hydrogens is 549 g/mol. The van der Waals surface area contributed by atoms with Crippen molar-refractivity contribution in [1.29, 1.82) is 0 Å². The number of esters is 2. The summed E-state index contributed by atoms with van der Waals surface area (Å²) in [6, 6.07) is -0.507. The molecule has 4 N–H and O–H groups in total. The van der Waals surface area contributed by atoms with E-state index in [0.29, 0.717) is 17.7 Å². The first-order valence-electron chi connectivity index (χ1n) is 14.2. The molecule has 14 heteroatoms. The van der Waals surface area contributed by atoms with Crippen LogP contribution in [0.25, 0.3) is 11.2 Å². The van der Waals surface area contributed by atoms with Crippen LogP contribution in [0.2, 0.25) is 0 Å². The quantitative estimate of drug-likeness (QED) is 0.128. The van der Waals surface area contributed by atoms with Crippen LogP contribution in [0.3, 0.4) is 0 Å². The van der Waals surface area contributed by atoms with Crippen LogP contribution in [-0.2, 0) is 34.9 Å². The summed E-state index contributed by atoms with van der Waals surface area (Å²) in [6.45, 7) is 15.1. The number of carbonyl (C=O) groups is 2. The molecule has 0 aliphatic heterocycles. The molecule has 0 bridgehead atoms. The van der Waals surface area contributed by atoms with Gasteiger partial charge in [-0.3, -0.25) is 14.2 Å². The fourth-order valence-electron chi connectivity index (χ4n) is 4.08. The number of carbonyl (C=O) groups excluding carboxylic acids is 2. The molecule has 0 radical (unpaired) electrons. The Labute approximate surface area is 243 Å². The lowest BCUT2D eigenvalue weighted by Gasteiger charge is -2.34. The first-order chi connectivity index (χ1) is 19.2. The highest BCUT2D eigenvalue weighted by atomic mass is 31.2. The molecule has 0 amide bonds. The van der Waals surface area contributed by atoms with Gasteiger partial charge in [-0.25, -0.2) is 25.1 Å². The Bertz CT molecular complexity index is 1190. The predicted molar refractivity (Wildman–Crippen MR) is 158 cm³/mol. The Balaban J connectivity index is 2.21. The zero-order valence-corrected chi connectivity index (χ0v) is 26.6. The van der Waals surface area contributed by atoms with Crippen molar-refractivity contribution in [3.05, 3.63) is 12.7 Å². The summed E-state index contributed by atoms with van der Waals surface area (Å²) in [7, 11) is -3.64. The summed E-state index contributed by atoms with van der Waals surface area (Å²) in [5, 5.41) is 6.12. The first kappa shape index (κ1) is 34.6. The van der Waals surface area contributed by atoms with Crippen LogP contribution in [0.4, 0.5) is 5.82 Å². The summed E-state index contributed by atoms with van der Waals surface area (Å²) in [5.74, 6) is -0.727. The molecule has 2 heterocycles. The van der Waals surface area contributed by atoms with Gasteiger partial charge in [0.05, 0.1) is 38.1 Å². The Hall–Kier alpha value is -2.60. The Morgan fingerprint density at radius 3 is 2.46 bits per heavy atom. The highest BCUT2D eigenvalue weighted by molar-refractivity contribution is 7.59. The number of nitrogen functional groups attached to an aromatic ring is 1. The summed E-state index contributed by atoms with van der Waals surface area (Å²) in [6.07, 6.45) is 4.70. The maximum Gasteiger partial charge on any atom is 0.326 e. The standard InChI is InChI=1S/C27H48N7O6P/c1-9-10-11-12-38-26(36)27(7,8)33-41(37,32-21(18(2)3)13-22(35)40-19(4)5)17-39-20(6)14-34-16-31-23-24(28)29-15-30-25(23)34/h15-16,18-21H,9-14,17H2,1-8H3,(H2,28,29,30)(H2,32,33,37)/t20-,21+,41-/m1/s1. The molecule has 0 aliphatic rings. The third kappa shape index (κ3) is 11.0. The van der Waals surface area contributed by atoms with E-state index in [2.05, 4.69) is 32.1 Å². The van der Waals surface area contributed by atoms with E-state index >= 15 is 0 Å². The number of aromatic nitrogens is 4. The average Bonchev–Trinajstić information content (AvgIpc) is 3.28. The lowest BCUT2D eigenvalue weighted by atomic mass is 10.0. The smallest absolute Gasteiger partial charge is 0.326 e. The molecule has 0 saturated carbocycles. The molecule has 2 rings (SSSR count). The van der Waals surface area contributed by atoms with Gasteiger partial charge in [-0.15, -0.1) is 0 Å². The summed E-state index contributed by atoms with van der Waals surface area (Å²) < 4.78 is 33.1. The van der Waals surface area contributed by atoms with Crippen molar-refractivity contribution in [2.24, 2.45) is 5.92 Å². The highest BCUT2D eigenvalue weighted by Gasteiger charge is 2.39. The molecular formula is C27H48N7O6P. The van der Waals surface area contributed by atoms with E-state index < -0.39 is 37.1 Å². The number of nitrogens with two attached hydrogens (primary N) is 1. The second-order valence-electron chi connectivity index (χ2n) is 11.5. The van der Waals surface area contributed by atoms with Crippen LogP contribution < -0.4 is 15.9 Å². The molecule has 0 fully saturated rings. The van der Waals surface area contributed by atoms with Gasteiger partial charge in [0.15, 0.2) is 11.5 Å². The summed E-state index contributed by atoms with van der Waals surface area (Å²) in [4.78, 5) is 37.9. The van der Waals surface area contributed by atoms with Gasteiger partial charge in [-0.1, -0.05) is 33.6 Å². The van der Waals surface area contributed by atoms with E-state index in [-0.39, 0.29) is 37.2 Å². The minimum Gasteiger partial charge on any atom is -0.464 e. The summed E-state index contributed by atoms with van der Waals surface area (Å²) in [5.41, 5.74) is 5.64. The number of fused-ring (bicyclic) bond motifs is 1. The minimum atomic E-state index is -3.64. The number of ether oxygens (including phenoxy) is 3. The van der Waals surface area contributed by atoms with Crippen LogP contribution in [0.1, 0.15) is 81.1 Å². The van der Waals surface area contributed by atoms with E-state index in [9.17, 15) is 14.2 Å². The van der Waals surface area contributed by atoms with Crippen molar-refractivity contribution >= 4 is 36.4 Å². The molecule has 0 aliphatic carbocycles. The molecule has 232 valence electrons. The molecule has 13 nitrogen and oxygen atoms in total. The van der Waals surface area contributed by atoms with E-state index in [1.807, 2.05) is 20.8 Å². The molecule has 0 spiro atoms. The van der Waals surface area contributed by atoms with Gasteiger partial charge >= 0.3 is 11.9 Å². The van der Waals surface area contributed by atoms with Crippen molar-refractivity contribution in [2.45, 2.75) is 111 Å². The highest BCUT2D eigenvalue weighted by Crippen LogP contribution is 2.41. The van der Waals surface area contributed by atoms with Crippen LogP contribution in [0.5, 0.6) is 0 Å². The topological polar surface area (TPSA) is 173 Å². The van der Waals surface area contributed by atoms with Crippen molar-refractivity contribution in [2.75, 3.05) is 18.7 Å². The maximum absolute atomic E-state index is 14.4. The molecule has 0 aromatic carbocycles. The maximum atomic E-state index is 14.4. The largest absolute Gasteiger partial charge is 0.464 e. The lowest BCUT2D eigenvalue weighted by Crippen LogP contribution is -2.50. The van der Waals surface area contributed by atoms with Crippen LogP contribution >= 0.6 is 7.44 Å². The molecule has 2 aromatic rings. The lowest BCUT2D eigenvalue weighted by molar-refractivity contribution is -0.150. The normalized spacial score (nSPS) is 15.2. The van der Waals surface area contributed by atoms with E-state index in [1.54, 1.807) is 38.6 Å². The number of hydrogen-bond donors (Lipinski definition) is 3. The van der Waals surface area contributed by atoms with Crippen LogP contribution in [0.15, 0.2) is 12.7 Å². The molecule has 0 unspecified atom stereocenters. The average molecular weight is 598 g/mol. The van der Waals surface area contributed by atoms with Gasteiger partial charge in [-0.05, 0) is 47.0 Å². The minimum absolute atomic E-state index is 0.00111. The second-order valence-corrected chi connectivity index (χ2v) is 13.7. The van der Waals surface area contributed by atoms with Gasteiger partial charge in [-0.2, -0.15) is 0 Å². The number of nitrogens with one attached hydrogen (secondary N) is 2. The molecule has 3 atom stereocenters. The zero-order chi connectivity index (χ0) is 30.8. The van der Waals surface area contributed by atoms with E-state index in [4.69, 9.17) is 19.9 Å². The number of unbranched alkanes of at least 4 members (excludes halogenated alkanes) is 2. The van der Waals surface area contributed by atoms with Crippen molar-refractivity contribution in [1.82, 2.24) is 29.7 Å².